The van der Waals surface area contributed by atoms with E-state index in [0.717, 1.165) is 65.2 Å². The molecule has 154 valence electrons. The molecule has 2 heterocycles. The molecule has 27 heavy (non-hydrogen) atoms. The van der Waals surface area contributed by atoms with Crippen LogP contribution < -0.4 is 5.32 Å². The first kappa shape index (κ1) is 20.6. The summed E-state index contributed by atoms with van der Waals surface area (Å²) in [7, 11) is 0. The predicted molar refractivity (Wildman–Crippen MR) is 105 cm³/mol. The van der Waals surface area contributed by atoms with Gasteiger partial charge >= 0.3 is 0 Å². The number of ether oxygens (including phenoxy) is 1. The molecule has 0 aromatic rings. The summed E-state index contributed by atoms with van der Waals surface area (Å²) >= 11 is 0. The zero-order valence-electron chi connectivity index (χ0n) is 17.3. The maximum Gasteiger partial charge on any atom is 0.223 e. The Kier molecular flexibility index (Phi) is 7.15. The molecule has 2 aliphatic heterocycles. The third-order valence-corrected chi connectivity index (χ3v) is 7.15. The van der Waals surface area contributed by atoms with Gasteiger partial charge in [0.05, 0.1) is 13.2 Å². The number of carbonyl (C=O) groups excluding carboxylic acids is 2. The van der Waals surface area contributed by atoms with E-state index in [1.54, 1.807) is 0 Å². The maximum atomic E-state index is 12.6. The van der Waals surface area contributed by atoms with E-state index in [-0.39, 0.29) is 11.8 Å². The van der Waals surface area contributed by atoms with Gasteiger partial charge in [0.2, 0.25) is 11.8 Å². The first-order valence-corrected chi connectivity index (χ1v) is 10.9. The van der Waals surface area contributed by atoms with E-state index in [0.29, 0.717) is 36.1 Å². The fourth-order valence-corrected chi connectivity index (χ4v) is 5.33. The molecule has 0 radical (unpaired) electrons. The topological polar surface area (TPSA) is 61.9 Å². The summed E-state index contributed by atoms with van der Waals surface area (Å²) in [6, 6.07) is 0.364. The minimum atomic E-state index is 0.118. The van der Waals surface area contributed by atoms with Crippen LogP contribution in [-0.2, 0) is 14.3 Å². The van der Waals surface area contributed by atoms with Gasteiger partial charge in [-0.25, -0.2) is 0 Å². The number of hydrogen-bond donors (Lipinski definition) is 1. The smallest absolute Gasteiger partial charge is 0.223 e. The highest BCUT2D eigenvalue weighted by Crippen LogP contribution is 2.45. The second-order valence-corrected chi connectivity index (χ2v) is 8.61. The van der Waals surface area contributed by atoms with Crippen LogP contribution in [0.4, 0.5) is 0 Å². The maximum absolute atomic E-state index is 12.6. The molecular formula is C21H37N3O3. The number of hydrogen-bond acceptors (Lipinski definition) is 4. The Bertz CT molecular complexity index is 517. The van der Waals surface area contributed by atoms with Crippen LogP contribution in [0.1, 0.15) is 46.5 Å². The molecule has 6 nitrogen and oxygen atoms in total. The number of fused-ring (bicyclic) bond motifs is 1. The van der Waals surface area contributed by atoms with Gasteiger partial charge < -0.3 is 15.0 Å². The Hall–Kier alpha value is -1.14. The molecule has 1 aliphatic carbocycles. The molecule has 1 saturated carbocycles. The molecule has 4 atom stereocenters. The van der Waals surface area contributed by atoms with Crippen LogP contribution in [0.2, 0.25) is 0 Å². The molecule has 0 bridgehead atoms. The van der Waals surface area contributed by atoms with E-state index in [1.165, 1.54) is 0 Å². The fourth-order valence-electron chi connectivity index (χ4n) is 5.33. The molecule has 6 heteroatoms. The van der Waals surface area contributed by atoms with Crippen LogP contribution in [0.3, 0.4) is 0 Å². The Morgan fingerprint density at radius 2 is 1.93 bits per heavy atom. The summed E-state index contributed by atoms with van der Waals surface area (Å²) in [6.45, 7) is 12.5. The van der Waals surface area contributed by atoms with Gasteiger partial charge in [0, 0.05) is 51.1 Å². The first-order chi connectivity index (χ1) is 13.0. The van der Waals surface area contributed by atoms with Gasteiger partial charge in [-0.05, 0) is 37.0 Å². The summed E-state index contributed by atoms with van der Waals surface area (Å²) in [6.07, 6.45) is 3.51. The van der Waals surface area contributed by atoms with Gasteiger partial charge in [0.1, 0.15) is 0 Å². The zero-order valence-corrected chi connectivity index (χ0v) is 17.3. The average Bonchev–Trinajstić information content (AvgIpc) is 3.13. The molecule has 1 N–H and O–H groups in total. The van der Waals surface area contributed by atoms with Crippen LogP contribution in [0.25, 0.3) is 0 Å². The van der Waals surface area contributed by atoms with Crippen molar-refractivity contribution < 1.29 is 14.3 Å². The quantitative estimate of drug-likeness (QED) is 0.698. The van der Waals surface area contributed by atoms with E-state index in [4.69, 9.17) is 4.74 Å². The van der Waals surface area contributed by atoms with Crippen molar-refractivity contribution in [3.05, 3.63) is 0 Å². The minimum absolute atomic E-state index is 0.118. The molecule has 0 aromatic heterocycles. The van der Waals surface area contributed by atoms with Crippen molar-refractivity contribution in [3.63, 3.8) is 0 Å². The van der Waals surface area contributed by atoms with Crippen molar-refractivity contribution in [2.24, 2.45) is 23.7 Å². The third kappa shape index (κ3) is 4.65. The predicted octanol–water partition coefficient (Wildman–Crippen LogP) is 1.74. The number of nitrogens with zero attached hydrogens (tertiary/aromatic N) is 2. The van der Waals surface area contributed by atoms with E-state index >= 15 is 0 Å². The molecule has 3 aliphatic rings. The first-order valence-electron chi connectivity index (χ1n) is 10.9. The van der Waals surface area contributed by atoms with Crippen molar-refractivity contribution in [2.75, 3.05) is 45.9 Å². The molecule has 0 aromatic carbocycles. The third-order valence-electron chi connectivity index (χ3n) is 7.15. The second kappa shape index (κ2) is 9.37. The van der Waals surface area contributed by atoms with Crippen LogP contribution in [0, 0.1) is 23.7 Å². The lowest BCUT2D eigenvalue weighted by molar-refractivity contribution is -0.129. The number of nitrogens with one attached hydrogen (secondary N) is 1. The highest BCUT2D eigenvalue weighted by atomic mass is 16.5. The normalized spacial score (nSPS) is 31.6. The van der Waals surface area contributed by atoms with Crippen molar-refractivity contribution in [1.82, 2.24) is 15.1 Å². The van der Waals surface area contributed by atoms with Crippen molar-refractivity contribution in [1.29, 1.82) is 0 Å². The summed E-state index contributed by atoms with van der Waals surface area (Å²) < 4.78 is 5.41. The number of morpholine rings is 1. The summed E-state index contributed by atoms with van der Waals surface area (Å²) in [5, 5.41) is 3.19. The van der Waals surface area contributed by atoms with Crippen LogP contribution in [0.5, 0.6) is 0 Å². The highest BCUT2D eigenvalue weighted by molar-refractivity contribution is 5.80. The second-order valence-electron chi connectivity index (χ2n) is 8.61. The van der Waals surface area contributed by atoms with E-state index in [2.05, 4.69) is 35.9 Å². The molecule has 0 spiro atoms. The molecule has 3 rings (SSSR count). The van der Waals surface area contributed by atoms with Gasteiger partial charge in [0.15, 0.2) is 0 Å². The van der Waals surface area contributed by atoms with Crippen LogP contribution >= 0.6 is 0 Å². The fraction of sp³-hybridized carbons (Fsp3) is 0.905. The van der Waals surface area contributed by atoms with Crippen molar-refractivity contribution >= 4 is 11.8 Å². The van der Waals surface area contributed by atoms with Gasteiger partial charge in [0.25, 0.3) is 0 Å². The Morgan fingerprint density at radius 1 is 1.22 bits per heavy atom. The summed E-state index contributed by atoms with van der Waals surface area (Å²) in [5.74, 6) is 1.99. The largest absolute Gasteiger partial charge is 0.379 e. The lowest BCUT2D eigenvalue weighted by atomic mass is 9.88. The Balaban J connectivity index is 1.53. The van der Waals surface area contributed by atoms with Gasteiger partial charge in [-0.15, -0.1) is 0 Å². The Labute approximate surface area is 164 Å². The standard InChI is InChI=1S/C21H37N3O3/c1-4-16(5-2)21(26)22-14-18-15(3)12-19-17(18)13-20(25)24(19)7-6-23-8-10-27-11-9-23/h15-19H,4-14H2,1-3H3,(H,22,26)/t15-,17-,18+,19+/m0/s1. The minimum Gasteiger partial charge on any atom is -0.379 e. The summed E-state index contributed by atoms with van der Waals surface area (Å²) in [4.78, 5) is 29.5. The zero-order chi connectivity index (χ0) is 19.4. The highest BCUT2D eigenvalue weighted by Gasteiger charge is 2.50. The van der Waals surface area contributed by atoms with E-state index < -0.39 is 0 Å². The molecule has 3 fully saturated rings. The van der Waals surface area contributed by atoms with E-state index in [1.807, 2.05) is 0 Å². The van der Waals surface area contributed by atoms with Crippen LogP contribution in [0.15, 0.2) is 0 Å². The number of rotatable bonds is 8. The number of likely N-dealkylation sites (tertiary alicyclic amines) is 1. The van der Waals surface area contributed by atoms with Gasteiger partial charge in [-0.2, -0.15) is 0 Å². The molecule has 2 amide bonds. The van der Waals surface area contributed by atoms with E-state index in [9.17, 15) is 9.59 Å². The summed E-state index contributed by atoms with van der Waals surface area (Å²) in [5.41, 5.74) is 0. The monoisotopic (exact) mass is 379 g/mol. The average molecular weight is 380 g/mol. The number of amides is 2. The van der Waals surface area contributed by atoms with Gasteiger partial charge in [-0.3, -0.25) is 14.5 Å². The van der Waals surface area contributed by atoms with Crippen molar-refractivity contribution in [3.8, 4) is 0 Å². The molecule has 2 saturated heterocycles. The van der Waals surface area contributed by atoms with Crippen molar-refractivity contribution in [2.45, 2.75) is 52.5 Å². The molecular weight excluding hydrogens is 342 g/mol. The molecule has 0 unspecified atom stereocenters. The van der Waals surface area contributed by atoms with Crippen LogP contribution in [-0.4, -0.2) is 73.6 Å². The number of carbonyl (C=O) groups is 2. The SMILES string of the molecule is CCC(CC)C(=O)NC[C@H]1[C@@H]2CC(=O)N(CCN3CCOCC3)[C@@H]2C[C@@H]1C. The lowest BCUT2D eigenvalue weighted by Crippen LogP contribution is -2.44. The lowest BCUT2D eigenvalue weighted by Gasteiger charge is -2.31. The van der Waals surface area contributed by atoms with Gasteiger partial charge in [-0.1, -0.05) is 20.8 Å². The Morgan fingerprint density at radius 3 is 2.59 bits per heavy atom.